The van der Waals surface area contributed by atoms with Gasteiger partial charge in [0.2, 0.25) is 5.13 Å². The molecular weight excluding hydrogens is 264 g/mol. The molecule has 1 aromatic carbocycles. The Kier molecular flexibility index (Phi) is 3.76. The minimum Gasteiger partial charge on any atom is -0.507 e. The van der Waals surface area contributed by atoms with Crippen LogP contribution in [0.2, 0.25) is 0 Å². The SMILES string of the molecule is Cc1csc(NN=Cc2ccc(O)c(C(N)=O)c2)n1. The van der Waals surface area contributed by atoms with Crippen molar-refractivity contribution in [1.29, 1.82) is 0 Å². The number of aromatic nitrogens is 1. The number of anilines is 1. The Labute approximate surface area is 113 Å². The Bertz CT molecular complexity index is 636. The molecule has 2 rings (SSSR count). The van der Waals surface area contributed by atoms with Crippen molar-refractivity contribution < 1.29 is 9.90 Å². The molecule has 1 amide bonds. The van der Waals surface area contributed by atoms with Gasteiger partial charge in [-0.05, 0) is 30.7 Å². The highest BCUT2D eigenvalue weighted by Gasteiger charge is 2.07. The van der Waals surface area contributed by atoms with Crippen LogP contribution in [0, 0.1) is 6.92 Å². The lowest BCUT2D eigenvalue weighted by atomic mass is 10.1. The summed E-state index contributed by atoms with van der Waals surface area (Å²) >= 11 is 1.45. The van der Waals surface area contributed by atoms with Gasteiger partial charge in [-0.3, -0.25) is 10.2 Å². The fourth-order valence-electron chi connectivity index (χ4n) is 1.40. The largest absolute Gasteiger partial charge is 0.507 e. The second kappa shape index (κ2) is 5.49. The Morgan fingerprint density at radius 2 is 2.37 bits per heavy atom. The van der Waals surface area contributed by atoms with Gasteiger partial charge in [0, 0.05) is 5.38 Å². The Morgan fingerprint density at radius 3 is 3.00 bits per heavy atom. The molecule has 2 aromatic rings. The molecule has 1 aromatic heterocycles. The molecule has 0 fully saturated rings. The number of carbonyl (C=O) groups excluding carboxylic acids is 1. The number of amides is 1. The van der Waals surface area contributed by atoms with Gasteiger partial charge >= 0.3 is 0 Å². The maximum atomic E-state index is 11.1. The molecule has 0 atom stereocenters. The zero-order chi connectivity index (χ0) is 13.8. The Balaban J connectivity index is 2.10. The van der Waals surface area contributed by atoms with E-state index in [1.165, 1.54) is 29.7 Å². The number of hydrogen-bond acceptors (Lipinski definition) is 6. The number of nitrogens with two attached hydrogens (primary N) is 1. The maximum absolute atomic E-state index is 11.1. The van der Waals surface area contributed by atoms with Crippen molar-refractivity contribution in [2.45, 2.75) is 6.92 Å². The third kappa shape index (κ3) is 3.29. The number of nitrogens with one attached hydrogen (secondary N) is 1. The molecule has 0 saturated heterocycles. The summed E-state index contributed by atoms with van der Waals surface area (Å²) in [5.41, 5.74) is 9.54. The molecule has 19 heavy (non-hydrogen) atoms. The number of aromatic hydroxyl groups is 1. The number of aryl methyl sites for hydroxylation is 1. The first-order chi connectivity index (χ1) is 9.06. The third-order valence-electron chi connectivity index (χ3n) is 2.28. The van der Waals surface area contributed by atoms with Gasteiger partial charge in [-0.25, -0.2) is 4.98 Å². The number of benzene rings is 1. The van der Waals surface area contributed by atoms with E-state index < -0.39 is 5.91 Å². The summed E-state index contributed by atoms with van der Waals surface area (Å²) in [5.74, 6) is -0.829. The van der Waals surface area contributed by atoms with E-state index in [-0.39, 0.29) is 11.3 Å². The molecule has 0 aliphatic carbocycles. The van der Waals surface area contributed by atoms with Crippen molar-refractivity contribution in [3.8, 4) is 5.75 Å². The summed E-state index contributed by atoms with van der Waals surface area (Å²) in [7, 11) is 0. The van der Waals surface area contributed by atoms with Gasteiger partial charge in [-0.1, -0.05) is 0 Å². The standard InChI is InChI=1S/C12H12N4O2S/c1-7-6-19-12(15-7)16-14-5-8-2-3-10(17)9(4-8)11(13)18/h2-6,17H,1H3,(H2,13,18)(H,15,16). The van der Waals surface area contributed by atoms with E-state index in [9.17, 15) is 9.90 Å². The summed E-state index contributed by atoms with van der Waals surface area (Å²) in [6, 6.07) is 4.49. The van der Waals surface area contributed by atoms with Crippen molar-refractivity contribution >= 4 is 28.6 Å². The highest BCUT2D eigenvalue weighted by molar-refractivity contribution is 7.13. The number of carbonyl (C=O) groups is 1. The van der Waals surface area contributed by atoms with Crippen LogP contribution in [0.5, 0.6) is 5.75 Å². The molecule has 4 N–H and O–H groups in total. The highest BCUT2D eigenvalue weighted by atomic mass is 32.1. The van der Waals surface area contributed by atoms with Crippen molar-refractivity contribution in [2.24, 2.45) is 10.8 Å². The first-order valence-electron chi connectivity index (χ1n) is 5.40. The van der Waals surface area contributed by atoms with Crippen LogP contribution in [0.4, 0.5) is 5.13 Å². The lowest BCUT2D eigenvalue weighted by molar-refractivity contribution is 0.0998. The molecule has 7 heteroatoms. The Hall–Kier alpha value is -2.41. The average Bonchev–Trinajstić information content (AvgIpc) is 2.77. The highest BCUT2D eigenvalue weighted by Crippen LogP contribution is 2.17. The van der Waals surface area contributed by atoms with E-state index in [0.29, 0.717) is 10.7 Å². The lowest BCUT2D eigenvalue weighted by Gasteiger charge is -2.01. The molecule has 1 heterocycles. The fourth-order valence-corrected chi connectivity index (χ4v) is 2.04. The summed E-state index contributed by atoms with van der Waals surface area (Å²) in [4.78, 5) is 15.2. The van der Waals surface area contributed by atoms with Crippen LogP contribution in [0.1, 0.15) is 21.6 Å². The van der Waals surface area contributed by atoms with Crippen molar-refractivity contribution in [3.05, 3.63) is 40.4 Å². The van der Waals surface area contributed by atoms with Crippen molar-refractivity contribution in [1.82, 2.24) is 4.98 Å². The van der Waals surface area contributed by atoms with E-state index in [4.69, 9.17) is 5.73 Å². The van der Waals surface area contributed by atoms with E-state index in [2.05, 4.69) is 15.5 Å². The Morgan fingerprint density at radius 1 is 1.58 bits per heavy atom. The first-order valence-corrected chi connectivity index (χ1v) is 6.28. The minimum atomic E-state index is -0.684. The van der Waals surface area contributed by atoms with E-state index >= 15 is 0 Å². The number of primary amides is 1. The number of thiazole rings is 1. The molecule has 0 bridgehead atoms. The molecular formula is C12H12N4O2S. The van der Waals surface area contributed by atoms with Crippen LogP contribution in [-0.4, -0.2) is 22.2 Å². The summed E-state index contributed by atoms with van der Waals surface area (Å²) in [6.45, 7) is 1.89. The van der Waals surface area contributed by atoms with Crippen LogP contribution in [0.15, 0.2) is 28.7 Å². The number of phenols is 1. The quantitative estimate of drug-likeness (QED) is 0.584. The van der Waals surface area contributed by atoms with Crippen LogP contribution in [0.25, 0.3) is 0 Å². The monoisotopic (exact) mass is 276 g/mol. The van der Waals surface area contributed by atoms with Gasteiger partial charge in [0.25, 0.3) is 5.91 Å². The molecule has 0 saturated carbocycles. The van der Waals surface area contributed by atoms with Gasteiger partial charge < -0.3 is 10.8 Å². The van der Waals surface area contributed by atoms with E-state index in [0.717, 1.165) is 5.69 Å². The second-order valence-electron chi connectivity index (χ2n) is 3.80. The number of hydrazone groups is 1. The lowest BCUT2D eigenvalue weighted by Crippen LogP contribution is -2.11. The second-order valence-corrected chi connectivity index (χ2v) is 4.66. The number of hydrogen-bond donors (Lipinski definition) is 3. The molecule has 0 spiro atoms. The van der Waals surface area contributed by atoms with Crippen LogP contribution in [-0.2, 0) is 0 Å². The summed E-state index contributed by atoms with van der Waals surface area (Å²) in [6.07, 6.45) is 1.52. The van der Waals surface area contributed by atoms with Gasteiger partial charge in [-0.15, -0.1) is 11.3 Å². The maximum Gasteiger partial charge on any atom is 0.252 e. The van der Waals surface area contributed by atoms with Crippen molar-refractivity contribution in [2.75, 3.05) is 5.43 Å². The first kappa shape index (κ1) is 13.0. The van der Waals surface area contributed by atoms with Gasteiger partial charge in [0.05, 0.1) is 17.5 Å². The zero-order valence-electron chi connectivity index (χ0n) is 10.1. The van der Waals surface area contributed by atoms with Crippen LogP contribution >= 0.6 is 11.3 Å². The molecule has 0 aliphatic heterocycles. The fraction of sp³-hybridized carbons (Fsp3) is 0.0833. The zero-order valence-corrected chi connectivity index (χ0v) is 10.9. The van der Waals surface area contributed by atoms with E-state index in [1.54, 1.807) is 6.07 Å². The molecule has 98 valence electrons. The van der Waals surface area contributed by atoms with Crippen molar-refractivity contribution in [3.63, 3.8) is 0 Å². The molecule has 0 aliphatic rings. The predicted molar refractivity (Wildman–Crippen MR) is 74.7 cm³/mol. The number of rotatable bonds is 4. The molecule has 0 radical (unpaired) electrons. The normalized spacial score (nSPS) is 10.8. The van der Waals surface area contributed by atoms with Crippen LogP contribution < -0.4 is 11.2 Å². The van der Waals surface area contributed by atoms with E-state index in [1.807, 2.05) is 12.3 Å². The average molecular weight is 276 g/mol. The number of nitrogens with zero attached hydrogens (tertiary/aromatic N) is 2. The minimum absolute atomic E-state index is 0.0639. The van der Waals surface area contributed by atoms with Gasteiger partial charge in [0.15, 0.2) is 0 Å². The topological polar surface area (TPSA) is 101 Å². The van der Waals surface area contributed by atoms with Gasteiger partial charge in [0.1, 0.15) is 5.75 Å². The third-order valence-corrected chi connectivity index (χ3v) is 3.14. The summed E-state index contributed by atoms with van der Waals surface area (Å²) in [5, 5.41) is 16.0. The van der Waals surface area contributed by atoms with Crippen LogP contribution in [0.3, 0.4) is 0 Å². The smallest absolute Gasteiger partial charge is 0.252 e. The summed E-state index contributed by atoms with van der Waals surface area (Å²) < 4.78 is 0. The van der Waals surface area contributed by atoms with Gasteiger partial charge in [-0.2, -0.15) is 5.10 Å². The molecule has 0 unspecified atom stereocenters. The predicted octanol–water partition coefficient (Wildman–Crippen LogP) is 1.70. The molecule has 6 nitrogen and oxygen atoms in total.